The van der Waals surface area contributed by atoms with E-state index in [1.165, 1.54) is 0 Å². The van der Waals surface area contributed by atoms with Crippen LogP contribution in [0.1, 0.15) is 23.0 Å². The number of halogens is 1. The molecule has 0 saturated carbocycles. The summed E-state index contributed by atoms with van der Waals surface area (Å²) in [5, 5.41) is 0.673. The van der Waals surface area contributed by atoms with E-state index in [9.17, 15) is 0 Å². The molecular formula is C15H14ClN3. The first-order valence-corrected chi connectivity index (χ1v) is 6.49. The topological polar surface area (TPSA) is 43.3 Å². The predicted octanol–water partition coefficient (Wildman–Crippen LogP) is 3.34. The summed E-state index contributed by atoms with van der Waals surface area (Å²) < 4.78 is 1.97. The normalized spacial score (nSPS) is 12.8. The smallest absolute Gasteiger partial charge is 0.137 e. The second kappa shape index (κ2) is 4.68. The number of benzene rings is 1. The fraction of sp³-hybridized carbons (Fsp3) is 0.133. The molecular weight excluding hydrogens is 258 g/mol. The summed E-state index contributed by atoms with van der Waals surface area (Å²) in [6.07, 6.45) is 1.86. The van der Waals surface area contributed by atoms with Gasteiger partial charge in [0.1, 0.15) is 5.65 Å². The number of rotatable bonds is 2. The van der Waals surface area contributed by atoms with Gasteiger partial charge in [0.25, 0.3) is 0 Å². The van der Waals surface area contributed by atoms with E-state index in [1.54, 1.807) is 0 Å². The van der Waals surface area contributed by atoms with Crippen molar-refractivity contribution < 1.29 is 0 Å². The largest absolute Gasteiger partial charge is 0.319 e. The van der Waals surface area contributed by atoms with Gasteiger partial charge >= 0.3 is 0 Å². The highest BCUT2D eigenvalue weighted by Crippen LogP contribution is 2.25. The first-order valence-electron chi connectivity index (χ1n) is 6.11. The molecule has 19 heavy (non-hydrogen) atoms. The number of fused-ring (bicyclic) bond motifs is 1. The van der Waals surface area contributed by atoms with Crippen LogP contribution in [0.3, 0.4) is 0 Å². The second-order valence-electron chi connectivity index (χ2n) is 4.55. The summed E-state index contributed by atoms with van der Waals surface area (Å²) in [6, 6.07) is 13.5. The van der Waals surface area contributed by atoms with Crippen LogP contribution < -0.4 is 5.73 Å². The lowest BCUT2D eigenvalue weighted by Gasteiger charge is -2.13. The van der Waals surface area contributed by atoms with Crippen molar-refractivity contribution in [1.29, 1.82) is 0 Å². The number of aromatic nitrogens is 2. The van der Waals surface area contributed by atoms with Crippen LogP contribution in [0, 0.1) is 6.92 Å². The molecule has 0 fully saturated rings. The van der Waals surface area contributed by atoms with E-state index >= 15 is 0 Å². The number of nitrogens with zero attached hydrogens (tertiary/aromatic N) is 2. The molecule has 2 heterocycles. The molecule has 4 heteroatoms. The van der Waals surface area contributed by atoms with E-state index in [2.05, 4.69) is 4.98 Å². The van der Waals surface area contributed by atoms with Crippen molar-refractivity contribution >= 4 is 17.2 Å². The summed E-state index contributed by atoms with van der Waals surface area (Å²) in [7, 11) is 0. The van der Waals surface area contributed by atoms with Gasteiger partial charge in [0.05, 0.1) is 22.5 Å². The van der Waals surface area contributed by atoms with Crippen LogP contribution in [-0.4, -0.2) is 9.38 Å². The lowest BCUT2D eigenvalue weighted by Crippen LogP contribution is -2.15. The highest BCUT2D eigenvalue weighted by molar-refractivity contribution is 6.30. The fourth-order valence-electron chi connectivity index (χ4n) is 2.35. The van der Waals surface area contributed by atoms with Crippen molar-refractivity contribution in [1.82, 2.24) is 9.38 Å². The lowest BCUT2D eigenvalue weighted by molar-refractivity contribution is 0.805. The number of nitrogens with two attached hydrogens (primary N) is 1. The minimum Gasteiger partial charge on any atom is -0.319 e. The first kappa shape index (κ1) is 12.2. The highest BCUT2D eigenvalue weighted by atomic mass is 35.5. The third-order valence-corrected chi connectivity index (χ3v) is 3.48. The third-order valence-electron chi connectivity index (χ3n) is 3.26. The summed E-state index contributed by atoms with van der Waals surface area (Å²) in [5.74, 6) is 0. The molecule has 0 bridgehead atoms. The Kier molecular flexibility index (Phi) is 3.01. The van der Waals surface area contributed by atoms with E-state index in [1.807, 2.05) is 60.0 Å². The number of imidazole rings is 1. The van der Waals surface area contributed by atoms with Crippen molar-refractivity contribution in [3.8, 4) is 0 Å². The first-order chi connectivity index (χ1) is 9.16. The van der Waals surface area contributed by atoms with E-state index < -0.39 is 0 Å². The Labute approximate surface area is 116 Å². The SMILES string of the molecule is Cc1nc2ccc(Cl)cn2c1C(N)c1ccccc1. The zero-order valence-electron chi connectivity index (χ0n) is 10.5. The average Bonchev–Trinajstić information content (AvgIpc) is 2.74. The van der Waals surface area contributed by atoms with E-state index in [-0.39, 0.29) is 6.04 Å². The molecule has 0 radical (unpaired) electrons. The molecule has 0 aliphatic heterocycles. The van der Waals surface area contributed by atoms with Crippen LogP contribution >= 0.6 is 11.6 Å². The van der Waals surface area contributed by atoms with Gasteiger partial charge in [-0.1, -0.05) is 41.9 Å². The molecule has 0 aliphatic rings. The molecule has 1 unspecified atom stereocenters. The Hall–Kier alpha value is -1.84. The maximum Gasteiger partial charge on any atom is 0.137 e. The van der Waals surface area contributed by atoms with Crippen molar-refractivity contribution in [2.45, 2.75) is 13.0 Å². The van der Waals surface area contributed by atoms with Crippen LogP contribution in [0.2, 0.25) is 5.02 Å². The van der Waals surface area contributed by atoms with Gasteiger partial charge in [-0.3, -0.25) is 0 Å². The van der Waals surface area contributed by atoms with Gasteiger partial charge in [-0.2, -0.15) is 0 Å². The van der Waals surface area contributed by atoms with Gasteiger partial charge in [0, 0.05) is 6.20 Å². The average molecular weight is 272 g/mol. The molecule has 1 aromatic carbocycles. The van der Waals surface area contributed by atoms with Gasteiger partial charge < -0.3 is 10.1 Å². The maximum atomic E-state index is 6.37. The van der Waals surface area contributed by atoms with Crippen LogP contribution in [0.25, 0.3) is 5.65 Å². The Balaban J connectivity index is 2.19. The lowest BCUT2D eigenvalue weighted by atomic mass is 10.0. The molecule has 0 amide bonds. The monoisotopic (exact) mass is 271 g/mol. The molecule has 1 atom stereocenters. The molecule has 96 valence electrons. The van der Waals surface area contributed by atoms with Gasteiger partial charge in [-0.25, -0.2) is 4.98 Å². The third kappa shape index (κ3) is 2.11. The summed E-state index contributed by atoms with van der Waals surface area (Å²) in [6.45, 7) is 1.97. The number of hydrogen-bond acceptors (Lipinski definition) is 2. The van der Waals surface area contributed by atoms with Gasteiger partial charge in [-0.15, -0.1) is 0 Å². The molecule has 0 aliphatic carbocycles. The second-order valence-corrected chi connectivity index (χ2v) is 4.98. The van der Waals surface area contributed by atoms with Crippen molar-refractivity contribution in [3.05, 3.63) is 70.6 Å². The van der Waals surface area contributed by atoms with Crippen LogP contribution in [-0.2, 0) is 0 Å². The van der Waals surface area contributed by atoms with Crippen molar-refractivity contribution in [2.75, 3.05) is 0 Å². The Bertz CT molecular complexity index is 719. The number of pyridine rings is 1. The van der Waals surface area contributed by atoms with E-state index in [0.29, 0.717) is 5.02 Å². The van der Waals surface area contributed by atoms with E-state index in [0.717, 1.165) is 22.6 Å². The molecule has 0 saturated heterocycles. The zero-order chi connectivity index (χ0) is 13.4. The Morgan fingerprint density at radius 2 is 1.89 bits per heavy atom. The number of aryl methyl sites for hydroxylation is 1. The van der Waals surface area contributed by atoms with Crippen LogP contribution in [0.5, 0.6) is 0 Å². The molecule has 0 spiro atoms. The molecule has 2 N–H and O–H groups in total. The van der Waals surface area contributed by atoms with Crippen LogP contribution in [0.4, 0.5) is 0 Å². The molecule has 3 rings (SSSR count). The van der Waals surface area contributed by atoms with Crippen molar-refractivity contribution in [2.24, 2.45) is 5.73 Å². The predicted molar refractivity (Wildman–Crippen MR) is 77.4 cm³/mol. The molecule has 3 aromatic rings. The summed E-state index contributed by atoms with van der Waals surface area (Å²) in [4.78, 5) is 4.53. The molecule has 3 nitrogen and oxygen atoms in total. The fourth-order valence-corrected chi connectivity index (χ4v) is 2.51. The molecule has 2 aromatic heterocycles. The Morgan fingerprint density at radius 3 is 2.63 bits per heavy atom. The van der Waals surface area contributed by atoms with Gasteiger partial charge in [0.15, 0.2) is 0 Å². The zero-order valence-corrected chi connectivity index (χ0v) is 11.3. The van der Waals surface area contributed by atoms with Crippen LogP contribution in [0.15, 0.2) is 48.7 Å². The quantitative estimate of drug-likeness (QED) is 0.777. The van der Waals surface area contributed by atoms with Gasteiger partial charge in [0.2, 0.25) is 0 Å². The highest BCUT2D eigenvalue weighted by Gasteiger charge is 2.17. The number of hydrogen-bond donors (Lipinski definition) is 1. The van der Waals surface area contributed by atoms with Crippen molar-refractivity contribution in [3.63, 3.8) is 0 Å². The summed E-state index contributed by atoms with van der Waals surface area (Å²) in [5.41, 5.74) is 10.2. The standard InChI is InChI=1S/C15H14ClN3/c1-10-15(14(17)11-5-3-2-4-6-11)19-9-12(16)7-8-13(19)18-10/h2-9,14H,17H2,1H3. The maximum absolute atomic E-state index is 6.37. The minimum absolute atomic E-state index is 0.213. The van der Waals surface area contributed by atoms with E-state index in [4.69, 9.17) is 17.3 Å². The minimum atomic E-state index is -0.213. The summed E-state index contributed by atoms with van der Waals surface area (Å²) >= 11 is 6.06. The Morgan fingerprint density at radius 1 is 1.16 bits per heavy atom. The van der Waals surface area contributed by atoms with Gasteiger partial charge in [-0.05, 0) is 24.6 Å².